The molecule has 3 rings (SSSR count). The van der Waals surface area contributed by atoms with Crippen molar-refractivity contribution < 1.29 is 14.4 Å². The summed E-state index contributed by atoms with van der Waals surface area (Å²) in [6.45, 7) is 0. The van der Waals surface area contributed by atoms with Gasteiger partial charge in [0.2, 0.25) is 5.78 Å². The van der Waals surface area contributed by atoms with E-state index in [1.807, 2.05) is 0 Å². The van der Waals surface area contributed by atoms with Gasteiger partial charge < -0.3 is 5.32 Å². The zero-order valence-corrected chi connectivity index (χ0v) is 14.6. The van der Waals surface area contributed by atoms with Gasteiger partial charge >= 0.3 is 0 Å². The zero-order valence-electron chi connectivity index (χ0n) is 13.0. The molecule has 0 fully saturated rings. The second-order valence-corrected chi connectivity index (χ2v) is 6.92. The van der Waals surface area contributed by atoms with Gasteiger partial charge in [-0.15, -0.1) is 22.7 Å². The Morgan fingerprint density at radius 3 is 2.04 bits per heavy atom. The van der Waals surface area contributed by atoms with Crippen LogP contribution in [0.2, 0.25) is 0 Å². The maximum Gasteiger partial charge on any atom is 0.255 e. The van der Waals surface area contributed by atoms with Crippen molar-refractivity contribution in [1.82, 2.24) is 5.32 Å². The number of hydrogen-bond acceptors (Lipinski definition) is 5. The molecule has 6 heteroatoms. The molecule has 25 heavy (non-hydrogen) atoms. The molecular weight excluding hydrogens is 354 g/mol. The molecule has 4 nitrogen and oxygen atoms in total. The van der Waals surface area contributed by atoms with Crippen LogP contribution in [-0.2, 0) is 0 Å². The molecule has 0 aliphatic rings. The molecule has 0 bridgehead atoms. The van der Waals surface area contributed by atoms with Crippen LogP contribution in [0, 0.1) is 0 Å². The van der Waals surface area contributed by atoms with Crippen molar-refractivity contribution in [2.24, 2.45) is 0 Å². The molecule has 1 N–H and O–H groups in total. The summed E-state index contributed by atoms with van der Waals surface area (Å²) in [6.07, 6.45) is 1.19. The zero-order chi connectivity index (χ0) is 17.6. The number of hydrogen-bond donors (Lipinski definition) is 1. The Hall–Kier alpha value is -2.83. The van der Waals surface area contributed by atoms with Crippen LogP contribution in [-0.4, -0.2) is 17.5 Å². The smallest absolute Gasteiger partial charge is 0.255 e. The predicted molar refractivity (Wildman–Crippen MR) is 99.3 cm³/mol. The highest BCUT2D eigenvalue weighted by molar-refractivity contribution is 7.12. The molecule has 1 aromatic carbocycles. The number of rotatable bonds is 6. The minimum atomic E-state index is -0.435. The summed E-state index contributed by atoms with van der Waals surface area (Å²) in [4.78, 5) is 38.3. The first kappa shape index (κ1) is 17.0. The lowest BCUT2D eigenvalue weighted by Gasteiger charge is -2.08. The third kappa shape index (κ3) is 4.17. The minimum absolute atomic E-state index is 0.0327. The summed E-state index contributed by atoms with van der Waals surface area (Å²) in [7, 11) is 0. The summed E-state index contributed by atoms with van der Waals surface area (Å²) < 4.78 is 0. The van der Waals surface area contributed by atoms with E-state index in [9.17, 15) is 14.4 Å². The molecule has 0 radical (unpaired) electrons. The summed E-state index contributed by atoms with van der Waals surface area (Å²) in [5.41, 5.74) is 0.380. The predicted octanol–water partition coefficient (Wildman–Crippen LogP) is 4.19. The van der Waals surface area contributed by atoms with Gasteiger partial charge in [-0.05, 0) is 35.0 Å². The van der Waals surface area contributed by atoms with Crippen LogP contribution in [0.1, 0.15) is 29.7 Å². The Bertz CT molecular complexity index is 911. The molecule has 3 aromatic rings. The highest BCUT2D eigenvalue weighted by Crippen LogP contribution is 2.16. The molecular formula is C19H13NO3S2. The number of nitrogens with one attached hydrogen (secondary N) is 1. The van der Waals surface area contributed by atoms with Gasteiger partial charge in [-0.2, -0.15) is 0 Å². The van der Waals surface area contributed by atoms with Crippen molar-refractivity contribution in [3.8, 4) is 0 Å². The first-order chi connectivity index (χ1) is 12.1. The van der Waals surface area contributed by atoms with Crippen LogP contribution in [0.4, 0.5) is 0 Å². The van der Waals surface area contributed by atoms with Crippen molar-refractivity contribution >= 4 is 40.1 Å². The summed E-state index contributed by atoms with van der Waals surface area (Å²) >= 11 is 2.54. The molecule has 2 aromatic heterocycles. The van der Waals surface area contributed by atoms with Crippen molar-refractivity contribution in [3.05, 3.63) is 92.4 Å². The Balaban J connectivity index is 1.90. The molecule has 0 atom stereocenters. The van der Waals surface area contributed by atoms with Crippen molar-refractivity contribution in [2.45, 2.75) is 0 Å². The lowest BCUT2D eigenvalue weighted by molar-refractivity contribution is 0.0932. The van der Waals surface area contributed by atoms with E-state index in [0.29, 0.717) is 15.3 Å². The van der Waals surface area contributed by atoms with Crippen LogP contribution in [0.25, 0.3) is 0 Å². The van der Waals surface area contributed by atoms with Gasteiger partial charge in [-0.3, -0.25) is 14.4 Å². The van der Waals surface area contributed by atoms with Crippen molar-refractivity contribution in [3.63, 3.8) is 0 Å². The normalized spacial score (nSPS) is 11.1. The van der Waals surface area contributed by atoms with Gasteiger partial charge in [0, 0.05) is 11.6 Å². The van der Waals surface area contributed by atoms with E-state index in [0.717, 1.165) is 0 Å². The Kier molecular flexibility index (Phi) is 5.33. The second kappa shape index (κ2) is 7.83. The van der Waals surface area contributed by atoms with Gasteiger partial charge in [0.15, 0.2) is 5.78 Å². The van der Waals surface area contributed by atoms with Crippen LogP contribution in [0.15, 0.2) is 77.1 Å². The molecule has 1 amide bonds. The van der Waals surface area contributed by atoms with Crippen molar-refractivity contribution in [2.75, 3.05) is 0 Å². The minimum Gasteiger partial charge on any atom is -0.318 e. The lowest BCUT2D eigenvalue weighted by atomic mass is 10.1. The third-order valence-electron chi connectivity index (χ3n) is 3.31. The first-order valence-corrected chi connectivity index (χ1v) is 9.15. The molecule has 0 unspecified atom stereocenters. The topological polar surface area (TPSA) is 63.2 Å². The van der Waals surface area contributed by atoms with Gasteiger partial charge in [-0.1, -0.05) is 30.3 Å². The van der Waals surface area contributed by atoms with Gasteiger partial charge in [0.05, 0.1) is 15.5 Å². The summed E-state index contributed by atoms with van der Waals surface area (Å²) in [5, 5.41) is 6.13. The lowest BCUT2D eigenvalue weighted by Crippen LogP contribution is -2.28. The second-order valence-electron chi connectivity index (χ2n) is 5.03. The van der Waals surface area contributed by atoms with Crippen LogP contribution in [0.5, 0.6) is 0 Å². The molecule has 0 aliphatic carbocycles. The fourth-order valence-corrected chi connectivity index (χ4v) is 3.42. The monoisotopic (exact) mass is 367 g/mol. The highest BCUT2D eigenvalue weighted by atomic mass is 32.1. The average Bonchev–Trinajstić information content (AvgIpc) is 3.34. The van der Waals surface area contributed by atoms with E-state index in [2.05, 4.69) is 5.32 Å². The van der Waals surface area contributed by atoms with Crippen LogP contribution >= 0.6 is 22.7 Å². The fourth-order valence-electron chi connectivity index (χ4n) is 2.10. The number of carbonyl (C=O) groups is 3. The SMILES string of the molecule is O=C(N/C(=C\C(=O)c1cccs1)C(=O)c1cccs1)c1ccccc1. The van der Waals surface area contributed by atoms with E-state index in [1.54, 1.807) is 65.4 Å². The van der Waals surface area contributed by atoms with Gasteiger partial charge in [-0.25, -0.2) is 0 Å². The Morgan fingerprint density at radius 1 is 0.800 bits per heavy atom. The maximum atomic E-state index is 12.7. The van der Waals surface area contributed by atoms with E-state index in [1.165, 1.54) is 28.7 Å². The molecule has 0 aliphatic heterocycles. The van der Waals surface area contributed by atoms with E-state index in [4.69, 9.17) is 0 Å². The van der Waals surface area contributed by atoms with E-state index >= 15 is 0 Å². The number of amides is 1. The number of allylic oxidation sites excluding steroid dienone is 2. The van der Waals surface area contributed by atoms with Gasteiger partial charge in [0.25, 0.3) is 5.91 Å². The third-order valence-corrected chi connectivity index (χ3v) is 5.07. The van der Waals surface area contributed by atoms with Crippen LogP contribution < -0.4 is 5.32 Å². The molecule has 124 valence electrons. The summed E-state index contributed by atoms with van der Waals surface area (Å²) in [6, 6.07) is 15.4. The number of ketones is 2. The largest absolute Gasteiger partial charge is 0.318 e. The number of benzene rings is 1. The molecule has 0 saturated carbocycles. The Labute approximate surface area is 152 Å². The number of thiophene rings is 2. The molecule has 0 saturated heterocycles. The van der Waals surface area contributed by atoms with Gasteiger partial charge in [0.1, 0.15) is 0 Å². The fraction of sp³-hybridized carbons (Fsp3) is 0. The maximum absolute atomic E-state index is 12.7. The molecule has 0 spiro atoms. The van der Waals surface area contributed by atoms with E-state index < -0.39 is 5.91 Å². The number of Topliss-reactive ketones (excluding diaryl/α,β-unsaturated/α-hetero) is 1. The molecule has 2 heterocycles. The van der Waals surface area contributed by atoms with E-state index in [-0.39, 0.29) is 17.3 Å². The number of carbonyl (C=O) groups excluding carboxylic acids is 3. The first-order valence-electron chi connectivity index (χ1n) is 7.39. The highest BCUT2D eigenvalue weighted by Gasteiger charge is 2.19. The summed E-state index contributed by atoms with van der Waals surface area (Å²) in [5.74, 6) is -1.14. The Morgan fingerprint density at radius 2 is 1.44 bits per heavy atom. The standard InChI is InChI=1S/C19H13NO3S2/c21-15(16-8-4-10-24-16)12-14(18(22)17-9-5-11-25-17)20-19(23)13-6-2-1-3-7-13/h1-12H,(H,20,23)/b14-12-. The van der Waals surface area contributed by atoms with Crippen LogP contribution in [0.3, 0.4) is 0 Å². The van der Waals surface area contributed by atoms with Crippen molar-refractivity contribution in [1.29, 1.82) is 0 Å². The average molecular weight is 367 g/mol. The quantitative estimate of drug-likeness (QED) is 0.525.